The van der Waals surface area contributed by atoms with Gasteiger partial charge in [-0.1, -0.05) is 0 Å². The lowest BCUT2D eigenvalue weighted by Crippen LogP contribution is -2.11. The maximum absolute atomic E-state index is 8.83. The van der Waals surface area contributed by atoms with Crippen molar-refractivity contribution in [3.8, 4) is 6.07 Å². The van der Waals surface area contributed by atoms with Crippen LogP contribution in [0.3, 0.4) is 0 Å². The normalized spacial score (nSPS) is 11.3. The van der Waals surface area contributed by atoms with Gasteiger partial charge in [-0.2, -0.15) is 5.26 Å². The molecule has 0 spiro atoms. The first-order valence-electron chi connectivity index (χ1n) is 4.55. The fourth-order valence-corrected chi connectivity index (χ4v) is 1.20. The van der Waals surface area contributed by atoms with E-state index in [9.17, 15) is 0 Å². The zero-order valence-corrected chi connectivity index (χ0v) is 9.25. The minimum atomic E-state index is -0.272. The first-order chi connectivity index (χ1) is 6.57. The SMILES string of the molecule is CC(C)(C#N)CCn1cnc(CCl)c1. The predicted molar refractivity (Wildman–Crippen MR) is 55.8 cm³/mol. The lowest BCUT2D eigenvalue weighted by atomic mass is 9.91. The Balaban J connectivity index is 2.50. The van der Waals surface area contributed by atoms with Crippen LogP contribution < -0.4 is 0 Å². The van der Waals surface area contributed by atoms with E-state index < -0.39 is 0 Å². The van der Waals surface area contributed by atoms with Gasteiger partial charge in [0.2, 0.25) is 0 Å². The largest absolute Gasteiger partial charge is 0.337 e. The molecule has 0 bridgehead atoms. The molecule has 0 atom stereocenters. The second-order valence-electron chi connectivity index (χ2n) is 3.98. The van der Waals surface area contributed by atoms with Gasteiger partial charge in [0, 0.05) is 12.7 Å². The highest BCUT2D eigenvalue weighted by Gasteiger charge is 2.16. The molecule has 4 heteroatoms. The lowest BCUT2D eigenvalue weighted by molar-refractivity contribution is 0.413. The Labute approximate surface area is 89.3 Å². The second kappa shape index (κ2) is 4.47. The number of alkyl halides is 1. The van der Waals surface area contributed by atoms with E-state index in [0.29, 0.717) is 5.88 Å². The number of nitriles is 1. The molecule has 0 saturated carbocycles. The van der Waals surface area contributed by atoms with Gasteiger partial charge in [-0.05, 0) is 20.3 Å². The van der Waals surface area contributed by atoms with Gasteiger partial charge in [-0.25, -0.2) is 4.98 Å². The number of hydrogen-bond donors (Lipinski definition) is 0. The number of halogens is 1. The summed E-state index contributed by atoms with van der Waals surface area (Å²) in [5.74, 6) is 0.439. The smallest absolute Gasteiger partial charge is 0.0949 e. The molecule has 0 aliphatic heterocycles. The van der Waals surface area contributed by atoms with Crippen LogP contribution >= 0.6 is 11.6 Å². The van der Waals surface area contributed by atoms with E-state index >= 15 is 0 Å². The van der Waals surface area contributed by atoms with Crippen molar-refractivity contribution in [2.24, 2.45) is 5.41 Å². The van der Waals surface area contributed by atoms with Crippen molar-refractivity contribution >= 4 is 11.6 Å². The predicted octanol–water partition coefficient (Wildman–Crippen LogP) is 2.56. The summed E-state index contributed by atoms with van der Waals surface area (Å²) in [5.41, 5.74) is 0.604. The molecule has 0 aromatic carbocycles. The molecule has 1 aromatic rings. The van der Waals surface area contributed by atoms with E-state index in [1.807, 2.05) is 24.6 Å². The fraction of sp³-hybridized carbons (Fsp3) is 0.600. The van der Waals surface area contributed by atoms with Gasteiger partial charge in [0.05, 0.1) is 29.4 Å². The summed E-state index contributed by atoms with van der Waals surface area (Å²) in [4.78, 5) is 4.11. The third kappa shape index (κ3) is 3.04. The summed E-state index contributed by atoms with van der Waals surface area (Å²) in [5, 5.41) is 8.83. The first kappa shape index (κ1) is 11.1. The van der Waals surface area contributed by atoms with Crippen molar-refractivity contribution in [1.82, 2.24) is 9.55 Å². The summed E-state index contributed by atoms with van der Waals surface area (Å²) in [6.45, 7) is 4.68. The third-order valence-corrected chi connectivity index (χ3v) is 2.40. The molecule has 0 N–H and O–H groups in total. The Bertz CT molecular complexity index is 335. The standard InChI is InChI=1S/C10H14ClN3/c1-10(2,7-12)3-4-14-6-9(5-11)13-8-14/h6,8H,3-5H2,1-2H3. The van der Waals surface area contributed by atoms with Crippen molar-refractivity contribution in [1.29, 1.82) is 5.26 Å². The molecule has 3 nitrogen and oxygen atoms in total. The highest BCUT2D eigenvalue weighted by molar-refractivity contribution is 6.16. The first-order valence-corrected chi connectivity index (χ1v) is 5.09. The van der Waals surface area contributed by atoms with Crippen molar-refractivity contribution in [3.05, 3.63) is 18.2 Å². The molecule has 0 fully saturated rings. The van der Waals surface area contributed by atoms with Crippen LogP contribution in [0.4, 0.5) is 0 Å². The topological polar surface area (TPSA) is 41.6 Å². The summed E-state index contributed by atoms with van der Waals surface area (Å²) in [6, 6.07) is 2.27. The Morgan fingerprint density at radius 2 is 2.36 bits per heavy atom. The zero-order chi connectivity index (χ0) is 10.6. The number of aromatic nitrogens is 2. The number of rotatable bonds is 4. The molecule has 76 valence electrons. The molecule has 0 aliphatic carbocycles. The van der Waals surface area contributed by atoms with Gasteiger partial charge >= 0.3 is 0 Å². The molecule has 0 amide bonds. The van der Waals surface area contributed by atoms with E-state index in [-0.39, 0.29) is 5.41 Å². The molecule has 0 radical (unpaired) electrons. The molecule has 1 heterocycles. The highest BCUT2D eigenvalue weighted by atomic mass is 35.5. The van der Waals surface area contributed by atoms with Crippen LogP contribution in [0.25, 0.3) is 0 Å². The minimum absolute atomic E-state index is 0.272. The number of imidazole rings is 1. The van der Waals surface area contributed by atoms with Crippen molar-refractivity contribution in [3.63, 3.8) is 0 Å². The Kier molecular flexibility index (Phi) is 3.54. The van der Waals surface area contributed by atoms with Crippen LogP contribution in [0.1, 0.15) is 26.0 Å². The average molecular weight is 212 g/mol. The van der Waals surface area contributed by atoms with E-state index in [0.717, 1.165) is 18.7 Å². The van der Waals surface area contributed by atoms with Crippen LogP contribution in [-0.2, 0) is 12.4 Å². The molecule has 0 saturated heterocycles. The summed E-state index contributed by atoms with van der Waals surface area (Å²) >= 11 is 5.63. The van der Waals surface area contributed by atoms with Crippen LogP contribution in [0, 0.1) is 16.7 Å². The summed E-state index contributed by atoms with van der Waals surface area (Å²) in [7, 11) is 0. The second-order valence-corrected chi connectivity index (χ2v) is 4.25. The number of nitrogens with zero attached hydrogens (tertiary/aromatic N) is 3. The Morgan fingerprint density at radius 3 is 2.86 bits per heavy atom. The van der Waals surface area contributed by atoms with Gasteiger partial charge in [0.25, 0.3) is 0 Å². The number of hydrogen-bond acceptors (Lipinski definition) is 2. The van der Waals surface area contributed by atoms with Crippen LogP contribution in [0.2, 0.25) is 0 Å². The summed E-state index contributed by atoms with van der Waals surface area (Å²) in [6.07, 6.45) is 4.49. The van der Waals surface area contributed by atoms with Gasteiger partial charge in [-0.15, -0.1) is 11.6 Å². The maximum atomic E-state index is 8.83. The van der Waals surface area contributed by atoms with E-state index in [1.165, 1.54) is 0 Å². The highest BCUT2D eigenvalue weighted by Crippen LogP contribution is 2.19. The molecule has 0 aliphatic rings. The number of aryl methyl sites for hydroxylation is 1. The van der Waals surface area contributed by atoms with Crippen LogP contribution in [0.15, 0.2) is 12.5 Å². The third-order valence-electron chi connectivity index (χ3n) is 2.12. The molecule has 14 heavy (non-hydrogen) atoms. The van der Waals surface area contributed by atoms with Crippen molar-refractivity contribution in [2.45, 2.75) is 32.7 Å². The fourth-order valence-electron chi connectivity index (χ4n) is 1.06. The Hall–Kier alpha value is -1.01. The summed E-state index contributed by atoms with van der Waals surface area (Å²) < 4.78 is 1.97. The quantitative estimate of drug-likeness (QED) is 0.719. The Morgan fingerprint density at radius 1 is 1.64 bits per heavy atom. The monoisotopic (exact) mass is 211 g/mol. The van der Waals surface area contributed by atoms with E-state index in [2.05, 4.69) is 11.1 Å². The molecular formula is C10H14ClN3. The van der Waals surface area contributed by atoms with Crippen LogP contribution in [0.5, 0.6) is 0 Å². The van der Waals surface area contributed by atoms with Crippen molar-refractivity contribution < 1.29 is 0 Å². The molecule has 1 rings (SSSR count). The molecule has 0 unspecified atom stereocenters. The van der Waals surface area contributed by atoms with Gasteiger partial charge in [0.1, 0.15) is 0 Å². The van der Waals surface area contributed by atoms with Crippen molar-refractivity contribution in [2.75, 3.05) is 0 Å². The minimum Gasteiger partial charge on any atom is -0.337 e. The van der Waals surface area contributed by atoms with Gasteiger partial charge < -0.3 is 4.57 Å². The van der Waals surface area contributed by atoms with Crippen LogP contribution in [-0.4, -0.2) is 9.55 Å². The lowest BCUT2D eigenvalue weighted by Gasteiger charge is -2.14. The van der Waals surface area contributed by atoms with E-state index in [4.69, 9.17) is 16.9 Å². The average Bonchev–Trinajstić information content (AvgIpc) is 2.63. The van der Waals surface area contributed by atoms with E-state index in [1.54, 1.807) is 6.33 Å². The van der Waals surface area contributed by atoms with Gasteiger partial charge in [-0.3, -0.25) is 0 Å². The molecular weight excluding hydrogens is 198 g/mol. The maximum Gasteiger partial charge on any atom is 0.0949 e. The van der Waals surface area contributed by atoms with Gasteiger partial charge in [0.15, 0.2) is 0 Å². The zero-order valence-electron chi connectivity index (χ0n) is 8.50. The molecule has 1 aromatic heterocycles.